The lowest BCUT2D eigenvalue weighted by molar-refractivity contribution is -0.303. The number of aliphatic hydroxyl groups excluding tert-OH is 7. The van der Waals surface area contributed by atoms with E-state index in [-0.39, 0.29) is 12.8 Å². The number of carbonyl (C=O) groups is 1. The fourth-order valence-electron chi connectivity index (χ4n) is 5.71. The van der Waals surface area contributed by atoms with Crippen molar-refractivity contribution >= 4 is 5.91 Å². The third kappa shape index (κ3) is 19.1. The average Bonchev–Trinajstić information content (AvgIpc) is 3.08. The van der Waals surface area contributed by atoms with Crippen LogP contribution in [0, 0.1) is 0 Å². The Morgan fingerprint density at radius 3 is 1.85 bits per heavy atom. The molecule has 0 aliphatic carbocycles. The van der Waals surface area contributed by atoms with Crippen molar-refractivity contribution in [2.24, 2.45) is 0 Å². The summed E-state index contributed by atoms with van der Waals surface area (Å²) in [5, 5.41) is 74.9. The maximum Gasteiger partial charge on any atom is 0.249 e. The van der Waals surface area contributed by atoms with Crippen molar-refractivity contribution in [2.75, 3.05) is 13.2 Å². The van der Waals surface area contributed by atoms with Crippen LogP contribution in [-0.2, 0) is 14.3 Å². The van der Waals surface area contributed by atoms with Crippen molar-refractivity contribution in [3.63, 3.8) is 0 Å². The second kappa shape index (κ2) is 28.3. The van der Waals surface area contributed by atoms with E-state index in [1.54, 1.807) is 0 Å². The molecule has 0 radical (unpaired) electrons. The van der Waals surface area contributed by atoms with Crippen molar-refractivity contribution < 1.29 is 50.0 Å². The van der Waals surface area contributed by atoms with Crippen molar-refractivity contribution in [2.45, 2.75) is 191 Å². The zero-order chi connectivity index (χ0) is 35.6. The zero-order valence-electron chi connectivity index (χ0n) is 29.7. The van der Waals surface area contributed by atoms with Gasteiger partial charge in [0.2, 0.25) is 5.91 Å². The van der Waals surface area contributed by atoms with Gasteiger partial charge >= 0.3 is 0 Å². The highest BCUT2D eigenvalue weighted by Gasteiger charge is 2.44. The molecular weight excluding hydrogens is 618 g/mol. The molecule has 0 spiro atoms. The second-order valence-corrected chi connectivity index (χ2v) is 13.3. The molecule has 1 amide bonds. The Morgan fingerprint density at radius 2 is 1.25 bits per heavy atom. The van der Waals surface area contributed by atoms with Crippen LogP contribution in [0.3, 0.4) is 0 Å². The third-order valence-corrected chi connectivity index (χ3v) is 8.98. The maximum atomic E-state index is 12.9. The van der Waals surface area contributed by atoms with Crippen LogP contribution in [0.25, 0.3) is 0 Å². The van der Waals surface area contributed by atoms with E-state index < -0.39 is 74.2 Å². The molecule has 1 saturated heterocycles. The van der Waals surface area contributed by atoms with E-state index in [1.807, 2.05) is 0 Å². The molecule has 1 heterocycles. The average molecular weight is 688 g/mol. The molecule has 11 nitrogen and oxygen atoms in total. The van der Waals surface area contributed by atoms with Crippen LogP contribution in [0.1, 0.15) is 136 Å². The fraction of sp³-hybridized carbons (Fsp3) is 0.865. The second-order valence-electron chi connectivity index (χ2n) is 13.3. The minimum absolute atomic E-state index is 0.232. The smallest absolute Gasteiger partial charge is 0.249 e. The lowest BCUT2D eigenvalue weighted by atomic mass is 9.98. The molecule has 0 aromatic carbocycles. The number of rotatable bonds is 29. The van der Waals surface area contributed by atoms with Gasteiger partial charge in [-0.3, -0.25) is 4.79 Å². The molecule has 1 aliphatic rings. The van der Waals surface area contributed by atoms with Gasteiger partial charge in [-0.2, -0.15) is 0 Å². The first kappa shape index (κ1) is 44.6. The summed E-state index contributed by atoms with van der Waals surface area (Å²) in [6.45, 7) is 3.29. The standard InChI is InChI=1S/C37H69NO10/c1-3-5-7-9-11-13-14-15-17-18-20-22-24-29(40)32(42)28(27-47-37-35(45)34(44)33(43)31(26-39)48-37)38-36(46)30(41)25-23-21-19-16-12-10-8-6-4-2/h10,12,17-18,28-35,37,39-45H,3-9,11,13-16,19-27H2,1-2H3,(H,38,46)/b12-10-,18-17+. The van der Waals surface area contributed by atoms with Crippen LogP contribution in [0.15, 0.2) is 24.3 Å². The number of hydrogen-bond acceptors (Lipinski definition) is 10. The molecule has 48 heavy (non-hydrogen) atoms. The molecule has 0 aromatic rings. The lowest BCUT2D eigenvalue weighted by Crippen LogP contribution is -2.60. The van der Waals surface area contributed by atoms with Gasteiger partial charge in [0.05, 0.1) is 25.4 Å². The Morgan fingerprint density at radius 1 is 0.708 bits per heavy atom. The van der Waals surface area contributed by atoms with Gasteiger partial charge in [-0.05, 0) is 57.8 Å². The summed E-state index contributed by atoms with van der Waals surface area (Å²) in [7, 11) is 0. The van der Waals surface area contributed by atoms with E-state index >= 15 is 0 Å². The Labute approximate surface area is 289 Å². The number of unbranched alkanes of at least 4 members (excludes halogenated alkanes) is 13. The summed E-state index contributed by atoms with van der Waals surface area (Å²) in [6.07, 6.45) is 15.5. The summed E-state index contributed by atoms with van der Waals surface area (Å²) in [5.74, 6) is -0.726. The highest BCUT2D eigenvalue weighted by Crippen LogP contribution is 2.23. The van der Waals surface area contributed by atoms with E-state index in [0.717, 1.165) is 51.4 Å². The predicted molar refractivity (Wildman–Crippen MR) is 187 cm³/mol. The van der Waals surface area contributed by atoms with Crippen LogP contribution in [0.4, 0.5) is 0 Å². The molecule has 0 saturated carbocycles. The van der Waals surface area contributed by atoms with Gasteiger partial charge in [0, 0.05) is 0 Å². The van der Waals surface area contributed by atoms with Gasteiger partial charge in [0.25, 0.3) is 0 Å². The van der Waals surface area contributed by atoms with Crippen LogP contribution in [0.2, 0.25) is 0 Å². The number of allylic oxidation sites excluding steroid dienone is 4. The molecule has 0 bridgehead atoms. The van der Waals surface area contributed by atoms with Crippen molar-refractivity contribution in [1.82, 2.24) is 5.32 Å². The van der Waals surface area contributed by atoms with Crippen LogP contribution in [-0.4, -0.2) is 110 Å². The van der Waals surface area contributed by atoms with E-state index in [0.29, 0.717) is 12.8 Å². The third-order valence-electron chi connectivity index (χ3n) is 8.98. The van der Waals surface area contributed by atoms with Gasteiger partial charge in [0.1, 0.15) is 36.6 Å². The van der Waals surface area contributed by atoms with E-state index in [9.17, 15) is 40.5 Å². The van der Waals surface area contributed by atoms with Crippen LogP contribution in [0.5, 0.6) is 0 Å². The highest BCUT2D eigenvalue weighted by atomic mass is 16.7. The van der Waals surface area contributed by atoms with E-state index in [4.69, 9.17) is 9.47 Å². The van der Waals surface area contributed by atoms with Crippen molar-refractivity contribution in [3.8, 4) is 0 Å². The molecule has 1 aliphatic heterocycles. The Kier molecular flexibility index (Phi) is 26.3. The molecule has 8 N–H and O–H groups in total. The Hall–Kier alpha value is -1.41. The summed E-state index contributed by atoms with van der Waals surface area (Å²) in [6, 6.07) is -1.18. The van der Waals surface area contributed by atoms with Gasteiger partial charge < -0.3 is 50.5 Å². The number of carbonyl (C=O) groups excluding carboxylic acids is 1. The van der Waals surface area contributed by atoms with Crippen molar-refractivity contribution in [1.29, 1.82) is 0 Å². The predicted octanol–water partition coefficient (Wildman–Crippen LogP) is 3.93. The number of ether oxygens (including phenoxy) is 2. The van der Waals surface area contributed by atoms with Gasteiger partial charge in [-0.1, -0.05) is 102 Å². The maximum absolute atomic E-state index is 12.9. The van der Waals surface area contributed by atoms with Gasteiger partial charge in [0.15, 0.2) is 6.29 Å². The molecule has 282 valence electrons. The Bertz CT molecular complexity index is 841. The zero-order valence-corrected chi connectivity index (χ0v) is 29.7. The molecule has 1 rings (SSSR count). The minimum atomic E-state index is -1.67. The number of amides is 1. The lowest BCUT2D eigenvalue weighted by Gasteiger charge is -2.40. The molecule has 1 fully saturated rings. The minimum Gasteiger partial charge on any atom is -0.394 e. The van der Waals surface area contributed by atoms with E-state index in [1.165, 1.54) is 44.9 Å². The molecule has 9 unspecified atom stereocenters. The van der Waals surface area contributed by atoms with Crippen LogP contribution < -0.4 is 5.32 Å². The molecular formula is C37H69NO10. The number of nitrogens with one attached hydrogen (secondary N) is 1. The Balaban J connectivity index is 2.64. The van der Waals surface area contributed by atoms with Gasteiger partial charge in [-0.15, -0.1) is 0 Å². The molecule has 11 heteroatoms. The summed E-state index contributed by atoms with van der Waals surface area (Å²) in [5.41, 5.74) is 0. The SMILES string of the molecule is CCCC/C=C\CCCCCC(O)C(=O)NC(COC1OC(CO)C(O)C(O)C1O)C(O)C(O)CCC/C=C/CCCCCCCCC. The quantitative estimate of drug-likeness (QED) is 0.0423. The summed E-state index contributed by atoms with van der Waals surface area (Å²) >= 11 is 0. The monoisotopic (exact) mass is 687 g/mol. The first-order chi connectivity index (χ1) is 23.2. The highest BCUT2D eigenvalue weighted by molar-refractivity contribution is 5.80. The molecule has 0 aromatic heterocycles. The molecule has 9 atom stereocenters. The van der Waals surface area contributed by atoms with Gasteiger partial charge in [-0.25, -0.2) is 0 Å². The topological polar surface area (TPSA) is 189 Å². The normalized spacial score (nSPS) is 24.2. The first-order valence-corrected chi connectivity index (χ1v) is 18.7. The van der Waals surface area contributed by atoms with Crippen LogP contribution >= 0.6 is 0 Å². The van der Waals surface area contributed by atoms with E-state index in [2.05, 4.69) is 43.5 Å². The largest absolute Gasteiger partial charge is 0.394 e. The summed E-state index contributed by atoms with van der Waals surface area (Å²) < 4.78 is 11.0. The summed E-state index contributed by atoms with van der Waals surface area (Å²) in [4.78, 5) is 12.9. The van der Waals surface area contributed by atoms with Crippen molar-refractivity contribution in [3.05, 3.63) is 24.3 Å². The first-order valence-electron chi connectivity index (χ1n) is 18.7. The number of hydrogen-bond donors (Lipinski definition) is 8. The number of aliphatic hydroxyl groups is 7. The fourth-order valence-corrected chi connectivity index (χ4v) is 5.71.